The minimum Gasteiger partial charge on any atom is -0.409 e. The Kier molecular flexibility index (Phi) is 4.30. The van der Waals surface area contributed by atoms with Gasteiger partial charge >= 0.3 is 0 Å². The molecule has 4 N–H and O–H groups in total. The molecule has 18 heavy (non-hydrogen) atoms. The van der Waals surface area contributed by atoms with Crippen LogP contribution in [0.5, 0.6) is 0 Å². The molecule has 1 aromatic heterocycles. The molecule has 0 aromatic carbocycles. The van der Waals surface area contributed by atoms with Gasteiger partial charge in [-0.1, -0.05) is 19.0 Å². The zero-order chi connectivity index (χ0) is 13.9. The Morgan fingerprint density at radius 3 is 2.61 bits per heavy atom. The average molecular weight is 253 g/mol. The van der Waals surface area contributed by atoms with Crippen molar-refractivity contribution in [3.8, 4) is 0 Å². The van der Waals surface area contributed by atoms with Gasteiger partial charge in [0.2, 0.25) is 0 Å². The van der Waals surface area contributed by atoms with Gasteiger partial charge in [-0.3, -0.25) is 9.48 Å². The number of amides is 1. The van der Waals surface area contributed by atoms with Crippen LogP contribution in [-0.2, 0) is 7.05 Å². The predicted molar refractivity (Wildman–Crippen MR) is 67.4 cm³/mol. The molecule has 1 unspecified atom stereocenters. The van der Waals surface area contributed by atoms with Gasteiger partial charge in [-0.2, -0.15) is 5.10 Å². The summed E-state index contributed by atoms with van der Waals surface area (Å²) in [6.07, 6.45) is 1.63. The Labute approximate surface area is 106 Å². The Bertz CT molecular complexity index is 464. The monoisotopic (exact) mass is 253 g/mol. The molecule has 0 aliphatic heterocycles. The second kappa shape index (κ2) is 5.52. The van der Waals surface area contributed by atoms with Crippen LogP contribution in [0, 0.1) is 12.8 Å². The van der Waals surface area contributed by atoms with Gasteiger partial charge in [0.25, 0.3) is 5.91 Å². The van der Waals surface area contributed by atoms with Crippen LogP contribution in [-0.4, -0.2) is 32.8 Å². The Morgan fingerprint density at radius 2 is 2.22 bits per heavy atom. The molecule has 1 amide bonds. The van der Waals surface area contributed by atoms with Crippen LogP contribution in [0.25, 0.3) is 0 Å². The predicted octanol–water partition coefficient (Wildman–Crippen LogP) is 0.229. The molecule has 1 aromatic rings. The molecule has 0 spiro atoms. The summed E-state index contributed by atoms with van der Waals surface area (Å²) in [6.45, 7) is 5.50. The van der Waals surface area contributed by atoms with E-state index in [0.717, 1.165) is 0 Å². The average Bonchev–Trinajstić information content (AvgIpc) is 2.63. The highest BCUT2D eigenvalue weighted by atomic mass is 16.4. The lowest BCUT2D eigenvalue weighted by atomic mass is 10.0. The summed E-state index contributed by atoms with van der Waals surface area (Å²) in [6, 6.07) is -0.512. The quantitative estimate of drug-likeness (QED) is 0.309. The first-order valence-corrected chi connectivity index (χ1v) is 5.65. The summed E-state index contributed by atoms with van der Waals surface area (Å²) >= 11 is 0. The molecule has 0 aliphatic rings. The number of hydrogen-bond acceptors (Lipinski definition) is 4. The van der Waals surface area contributed by atoms with Crippen LogP contribution in [0.4, 0.5) is 0 Å². The van der Waals surface area contributed by atoms with E-state index < -0.39 is 6.04 Å². The summed E-state index contributed by atoms with van der Waals surface area (Å²) in [4.78, 5) is 12.1. The standard InChI is InChI=1S/C11H19N5O2/c1-6(2)9(10(12)15-18)13-11(17)8-5-16(4)14-7(8)3/h5-6,9,18H,1-4H3,(H2,12,15)(H,13,17). The van der Waals surface area contributed by atoms with Crippen molar-refractivity contribution in [2.45, 2.75) is 26.8 Å². The lowest BCUT2D eigenvalue weighted by molar-refractivity contribution is 0.0938. The van der Waals surface area contributed by atoms with Crippen molar-refractivity contribution < 1.29 is 10.0 Å². The van der Waals surface area contributed by atoms with Crippen molar-refractivity contribution in [2.75, 3.05) is 0 Å². The highest BCUT2D eigenvalue weighted by Gasteiger charge is 2.23. The number of nitrogens with one attached hydrogen (secondary N) is 1. The summed E-state index contributed by atoms with van der Waals surface area (Å²) in [5.74, 6) is -0.285. The van der Waals surface area contributed by atoms with Gasteiger partial charge < -0.3 is 16.3 Å². The van der Waals surface area contributed by atoms with Crippen molar-refractivity contribution in [1.82, 2.24) is 15.1 Å². The third kappa shape index (κ3) is 2.99. The lowest BCUT2D eigenvalue weighted by Crippen LogP contribution is -2.47. The lowest BCUT2D eigenvalue weighted by Gasteiger charge is -2.20. The molecule has 7 heteroatoms. The van der Waals surface area contributed by atoms with Crippen molar-refractivity contribution >= 4 is 11.7 Å². The van der Waals surface area contributed by atoms with E-state index >= 15 is 0 Å². The van der Waals surface area contributed by atoms with Crippen molar-refractivity contribution in [1.29, 1.82) is 0 Å². The molecular formula is C11H19N5O2. The van der Waals surface area contributed by atoms with Crippen molar-refractivity contribution in [2.24, 2.45) is 23.9 Å². The van der Waals surface area contributed by atoms with E-state index in [4.69, 9.17) is 10.9 Å². The maximum atomic E-state index is 12.1. The molecule has 100 valence electrons. The molecule has 0 bridgehead atoms. The highest BCUT2D eigenvalue weighted by molar-refractivity contribution is 5.98. The van der Waals surface area contributed by atoms with E-state index in [-0.39, 0.29) is 17.7 Å². The molecule has 1 atom stereocenters. The largest absolute Gasteiger partial charge is 0.409 e. The molecule has 0 saturated heterocycles. The molecular weight excluding hydrogens is 234 g/mol. The molecule has 0 saturated carbocycles. The first-order chi connectivity index (χ1) is 8.36. The summed E-state index contributed by atoms with van der Waals surface area (Å²) in [5.41, 5.74) is 6.67. The number of nitrogens with two attached hydrogens (primary N) is 1. The van der Waals surface area contributed by atoms with Crippen LogP contribution in [0.15, 0.2) is 11.4 Å². The van der Waals surface area contributed by atoms with Crippen LogP contribution in [0.3, 0.4) is 0 Å². The summed E-state index contributed by atoms with van der Waals surface area (Å²) < 4.78 is 1.57. The van der Waals surface area contributed by atoms with Gasteiger partial charge in [0, 0.05) is 13.2 Å². The summed E-state index contributed by atoms with van der Waals surface area (Å²) in [7, 11) is 1.74. The van der Waals surface area contributed by atoms with Gasteiger partial charge in [-0.25, -0.2) is 0 Å². The van der Waals surface area contributed by atoms with Crippen molar-refractivity contribution in [3.05, 3.63) is 17.5 Å². The first-order valence-electron chi connectivity index (χ1n) is 5.65. The topological polar surface area (TPSA) is 106 Å². The number of aromatic nitrogens is 2. The van der Waals surface area contributed by atoms with E-state index in [0.29, 0.717) is 11.3 Å². The second-order valence-electron chi connectivity index (χ2n) is 4.52. The van der Waals surface area contributed by atoms with E-state index in [2.05, 4.69) is 15.6 Å². The zero-order valence-electron chi connectivity index (χ0n) is 11.0. The highest BCUT2D eigenvalue weighted by Crippen LogP contribution is 2.07. The third-order valence-corrected chi connectivity index (χ3v) is 2.65. The molecule has 1 heterocycles. The van der Waals surface area contributed by atoms with Crippen LogP contribution >= 0.6 is 0 Å². The molecule has 0 aliphatic carbocycles. The van der Waals surface area contributed by atoms with Gasteiger partial charge in [-0.05, 0) is 12.8 Å². The smallest absolute Gasteiger partial charge is 0.255 e. The first kappa shape index (κ1) is 14.0. The number of amidine groups is 1. The number of nitrogens with zero attached hydrogens (tertiary/aromatic N) is 3. The number of hydrogen-bond donors (Lipinski definition) is 3. The Hall–Kier alpha value is -2.05. The molecule has 0 radical (unpaired) electrons. The minimum absolute atomic E-state index is 0.0140. The third-order valence-electron chi connectivity index (χ3n) is 2.65. The molecule has 1 rings (SSSR count). The maximum absolute atomic E-state index is 12.1. The van der Waals surface area contributed by atoms with Crippen molar-refractivity contribution in [3.63, 3.8) is 0 Å². The van der Waals surface area contributed by atoms with Crippen LogP contribution in [0.2, 0.25) is 0 Å². The maximum Gasteiger partial charge on any atom is 0.255 e. The fraction of sp³-hybridized carbons (Fsp3) is 0.545. The number of rotatable bonds is 4. The van der Waals surface area contributed by atoms with Gasteiger partial charge in [-0.15, -0.1) is 0 Å². The second-order valence-corrected chi connectivity index (χ2v) is 4.52. The zero-order valence-corrected chi connectivity index (χ0v) is 11.0. The van der Waals surface area contributed by atoms with E-state index in [1.807, 2.05) is 13.8 Å². The summed E-state index contributed by atoms with van der Waals surface area (Å²) in [5, 5.41) is 18.5. The van der Waals surface area contributed by atoms with E-state index in [1.165, 1.54) is 0 Å². The number of carbonyl (C=O) groups excluding carboxylic acids is 1. The van der Waals surface area contributed by atoms with Crippen LogP contribution in [0.1, 0.15) is 29.9 Å². The molecule has 7 nitrogen and oxygen atoms in total. The minimum atomic E-state index is -0.512. The van der Waals surface area contributed by atoms with Gasteiger partial charge in [0.1, 0.15) is 0 Å². The fourth-order valence-corrected chi connectivity index (χ4v) is 1.69. The molecule has 0 fully saturated rings. The Balaban J connectivity index is 2.89. The fourth-order valence-electron chi connectivity index (χ4n) is 1.69. The normalized spacial score (nSPS) is 13.7. The SMILES string of the molecule is Cc1nn(C)cc1C(=O)NC(C(N)=NO)C(C)C. The number of aryl methyl sites for hydroxylation is 2. The Morgan fingerprint density at radius 1 is 1.61 bits per heavy atom. The van der Waals surface area contributed by atoms with Crippen LogP contribution < -0.4 is 11.1 Å². The van der Waals surface area contributed by atoms with E-state index in [9.17, 15) is 4.79 Å². The number of oxime groups is 1. The van der Waals surface area contributed by atoms with Gasteiger partial charge in [0.15, 0.2) is 5.84 Å². The van der Waals surface area contributed by atoms with Gasteiger partial charge in [0.05, 0.1) is 17.3 Å². The van der Waals surface area contributed by atoms with E-state index in [1.54, 1.807) is 24.9 Å². The number of carbonyl (C=O) groups is 1.